The molecule has 696 valence electrons. The van der Waals surface area contributed by atoms with Crippen LogP contribution in [0.15, 0.2) is 0 Å². The Morgan fingerprint density at radius 1 is 0.190 bits per heavy atom. The second-order valence-electron chi connectivity index (χ2n) is 36.1. The van der Waals surface area contributed by atoms with E-state index in [1.165, 1.54) is 27.7 Å². The van der Waals surface area contributed by atoms with E-state index in [1.54, 1.807) is 27.7 Å². The van der Waals surface area contributed by atoms with Crippen molar-refractivity contribution in [2.24, 2.45) is 92.7 Å². The summed E-state index contributed by atoms with van der Waals surface area (Å²) in [6.07, 6.45) is -8.66. The van der Waals surface area contributed by atoms with Gasteiger partial charge >= 0.3 is 0 Å². The summed E-state index contributed by atoms with van der Waals surface area (Å²) < 4.78 is 44.0. The molecule has 8 aliphatic rings. The maximum absolute atomic E-state index is 11.4. The Labute approximate surface area is 708 Å². The molecule has 36 unspecified atom stereocenters. The first kappa shape index (κ1) is 128. The van der Waals surface area contributed by atoms with Gasteiger partial charge < -0.3 is 78.7 Å². The van der Waals surface area contributed by atoms with Crippen LogP contribution in [0.2, 0.25) is 0 Å². The van der Waals surface area contributed by atoms with Crippen LogP contribution in [0, 0.1) is 92.7 Å². The van der Waals surface area contributed by atoms with E-state index in [2.05, 4.69) is 0 Å². The van der Waals surface area contributed by atoms with Crippen molar-refractivity contribution in [2.75, 3.05) is 0 Å². The summed E-state index contributed by atoms with van der Waals surface area (Å²) in [4.78, 5) is 90.4. The summed E-state index contributed by atoms with van der Waals surface area (Å²) in [6, 6.07) is 0. The third-order valence-corrected chi connectivity index (χ3v) is 26.6. The molecule has 8 fully saturated rings. The van der Waals surface area contributed by atoms with Gasteiger partial charge in [-0.05, 0) is 182 Å². The van der Waals surface area contributed by atoms with E-state index < -0.39 is 73.2 Å². The van der Waals surface area contributed by atoms with Gasteiger partial charge in [0.05, 0.1) is 97.7 Å². The van der Waals surface area contributed by atoms with Crippen molar-refractivity contribution in [1.82, 2.24) is 0 Å². The number of Topliss-reactive ketones (excluding diaryl/α,β-unsaturated/α-hetero) is 8. The fourth-order valence-electron chi connectivity index (χ4n) is 16.4. The predicted molar refractivity (Wildman–Crippen MR) is 467 cm³/mol. The Hall–Kier alpha value is -3.28. The molecule has 24 nitrogen and oxygen atoms in total. The zero-order valence-electron chi connectivity index (χ0n) is 72.9. The Balaban J connectivity index is -0.000000190. The highest BCUT2D eigenvalue weighted by Crippen LogP contribution is 2.46. The zero-order chi connectivity index (χ0) is 85.1. The molecule has 24 heteroatoms. The molecular formula is C92H184O24. The molecule has 0 aromatic heterocycles. The van der Waals surface area contributed by atoms with Crippen LogP contribution < -0.4 is 0 Å². The van der Waals surface area contributed by atoms with Crippen molar-refractivity contribution in [1.29, 1.82) is 0 Å². The summed E-state index contributed by atoms with van der Waals surface area (Å²) in [5, 5.41) is 78.1. The van der Waals surface area contributed by atoms with E-state index in [0.717, 1.165) is 0 Å². The summed E-state index contributed by atoms with van der Waals surface area (Å²) in [6.45, 7) is 66.1. The number of carbonyl (C=O) groups is 8. The van der Waals surface area contributed by atoms with Crippen LogP contribution in [-0.2, 0) is 76.3 Å². The van der Waals surface area contributed by atoms with Crippen molar-refractivity contribution in [3.8, 4) is 0 Å². The number of carbonyl (C=O) groups excluding carboxylic acids is 8. The lowest BCUT2D eigenvalue weighted by Crippen LogP contribution is -2.56. The molecule has 116 heavy (non-hydrogen) atoms. The Kier molecular flexibility index (Phi) is 58.6. The van der Waals surface area contributed by atoms with Gasteiger partial charge in [0.25, 0.3) is 0 Å². The molecule has 0 radical (unpaired) electrons. The molecule has 0 aliphatic carbocycles. The fourth-order valence-corrected chi connectivity index (χ4v) is 16.4. The predicted octanol–water partition coefficient (Wildman–Crippen LogP) is 14.6. The lowest BCUT2D eigenvalue weighted by Gasteiger charge is -2.47. The van der Waals surface area contributed by atoms with E-state index in [0.29, 0.717) is 0 Å². The van der Waals surface area contributed by atoms with Crippen LogP contribution in [0.25, 0.3) is 0 Å². The number of hydrogen-bond donors (Lipinski definition) is 8. The molecule has 8 rings (SSSR count). The van der Waals surface area contributed by atoms with E-state index in [1.807, 2.05) is 194 Å². The molecule has 0 aromatic carbocycles. The Bertz CT molecular complexity index is 2500. The molecule has 0 bridgehead atoms. The maximum atomic E-state index is 11.4. The average molecular weight is 1670 g/mol. The number of ether oxygens (including phenoxy) is 8. The lowest BCUT2D eigenvalue weighted by molar-refractivity contribution is -0.197. The molecule has 8 aliphatic heterocycles. The molecular weight excluding hydrogens is 1490 g/mol. The molecule has 0 amide bonds. The number of aliphatic hydroxyl groups excluding tert-OH is 8. The third-order valence-electron chi connectivity index (χ3n) is 26.6. The summed E-state index contributed by atoms with van der Waals surface area (Å²) in [7, 11) is 0. The van der Waals surface area contributed by atoms with Crippen LogP contribution in [0.4, 0.5) is 0 Å². The zero-order valence-corrected chi connectivity index (χ0v) is 72.9. The summed E-state index contributed by atoms with van der Waals surface area (Å²) in [5.74, 6) is 1.56. The summed E-state index contributed by atoms with van der Waals surface area (Å²) >= 11 is 0. The smallest absolute Gasteiger partial charge is 0.159 e. The lowest BCUT2D eigenvalue weighted by atomic mass is 9.68. The molecule has 0 spiro atoms. The van der Waals surface area contributed by atoms with E-state index in [-0.39, 0.29) is 272 Å². The van der Waals surface area contributed by atoms with Gasteiger partial charge in [0.2, 0.25) is 0 Å². The van der Waals surface area contributed by atoms with Gasteiger partial charge in [-0.2, -0.15) is 0 Å². The van der Waals surface area contributed by atoms with Crippen molar-refractivity contribution in [2.45, 2.75) is 455 Å². The van der Waals surface area contributed by atoms with Crippen molar-refractivity contribution in [3.63, 3.8) is 0 Å². The monoisotopic (exact) mass is 1670 g/mol. The SMILES string of the molecule is C.C.C.C.C.C.C.C.CC(=O)C1OC(C)C(O)C(C)C1(C)C.CC(=O)C1OC(C)C(O)C(C)C1(C)C.CC(=O)C1OC(C)C(O)C(C)C1(C)C.CC(=O)C1OC(C)C(O)C(C)C1(C)C.CC(=O)C1OC(C)C(O)C(C)C1C.CC(=O)C1OC(C)C(O)C(C)C1C.CC(=O)C1OC(C)C(O)C(C)C1C.CC(=O)C1OC(C)C(O)C(C)C1C. The number of ketones is 8. The van der Waals surface area contributed by atoms with Crippen LogP contribution in [-0.4, -0.2) is 234 Å². The number of hydrogen-bond acceptors (Lipinski definition) is 24. The van der Waals surface area contributed by atoms with E-state index in [4.69, 9.17) is 37.9 Å². The largest absolute Gasteiger partial charge is 0.390 e. The Morgan fingerprint density at radius 3 is 0.405 bits per heavy atom. The second-order valence-corrected chi connectivity index (χ2v) is 36.1. The highest BCUT2D eigenvalue weighted by atomic mass is 16.5. The maximum Gasteiger partial charge on any atom is 0.159 e. The quantitative estimate of drug-likeness (QED) is 0.112. The van der Waals surface area contributed by atoms with Crippen molar-refractivity contribution < 1.29 is 117 Å². The van der Waals surface area contributed by atoms with Crippen molar-refractivity contribution >= 4 is 46.3 Å². The minimum Gasteiger partial charge on any atom is -0.390 e. The van der Waals surface area contributed by atoms with Gasteiger partial charge in [0.15, 0.2) is 46.3 Å². The molecule has 36 atom stereocenters. The minimum atomic E-state index is -0.486. The second kappa shape index (κ2) is 53.0. The van der Waals surface area contributed by atoms with Gasteiger partial charge in [-0.1, -0.05) is 198 Å². The van der Waals surface area contributed by atoms with Crippen LogP contribution in [0.3, 0.4) is 0 Å². The van der Waals surface area contributed by atoms with E-state index in [9.17, 15) is 79.2 Å². The first-order valence-corrected chi connectivity index (χ1v) is 39.6. The van der Waals surface area contributed by atoms with Gasteiger partial charge in [-0.25, -0.2) is 0 Å². The number of rotatable bonds is 8. The summed E-state index contributed by atoms with van der Waals surface area (Å²) in [5.41, 5.74) is -1.18. The van der Waals surface area contributed by atoms with Gasteiger partial charge in [0.1, 0.15) is 48.8 Å². The Morgan fingerprint density at radius 2 is 0.302 bits per heavy atom. The normalized spacial score (nSPS) is 41.0. The standard InChI is InChI=1S/4C11H20O3.4C10H18O3.8CH4/c4*1-6-9(13)8(3)14-10(7(2)12)11(6,4)5;4*1-5-6(2)10(7(3)11)13-8(4)9(5)12;;;;;;;;/h4*6,8-10,13H,1-5H3;4*5-6,8-10,12H,1-4H3;8*1H4. The first-order valence-electron chi connectivity index (χ1n) is 39.6. The first-order chi connectivity index (χ1) is 48.9. The van der Waals surface area contributed by atoms with Crippen molar-refractivity contribution in [3.05, 3.63) is 0 Å². The average Bonchev–Trinajstić information content (AvgIpc) is 0.787. The fraction of sp³-hybridized carbons (Fsp3) is 0.913. The number of aliphatic hydroxyl groups is 8. The van der Waals surface area contributed by atoms with Crippen LogP contribution in [0.1, 0.15) is 309 Å². The van der Waals surface area contributed by atoms with Crippen LogP contribution >= 0.6 is 0 Å². The molecule has 8 saturated heterocycles. The third kappa shape index (κ3) is 31.8. The molecule has 0 saturated carbocycles. The van der Waals surface area contributed by atoms with E-state index >= 15 is 0 Å². The topological polar surface area (TPSA) is 372 Å². The van der Waals surface area contributed by atoms with Gasteiger partial charge in [0, 0.05) is 21.7 Å². The van der Waals surface area contributed by atoms with Gasteiger partial charge in [-0.15, -0.1) is 0 Å². The van der Waals surface area contributed by atoms with Gasteiger partial charge in [-0.3, -0.25) is 38.4 Å². The minimum absolute atomic E-state index is 0. The molecule has 8 N–H and O–H groups in total. The highest BCUT2D eigenvalue weighted by Gasteiger charge is 2.53. The molecule has 8 heterocycles. The molecule has 0 aromatic rings. The highest BCUT2D eigenvalue weighted by molar-refractivity contribution is 5.84. The van der Waals surface area contributed by atoms with Crippen LogP contribution in [0.5, 0.6) is 0 Å².